The molecule has 4 nitrogen and oxygen atoms in total. The number of carbonyl (C=O) groups is 2. The number of hydrogen-bond donors (Lipinski definition) is 0. The Morgan fingerprint density at radius 3 is 2.35 bits per heavy atom. The Bertz CT molecular complexity index is 238. The average molecular weight is 244 g/mol. The minimum Gasteiger partial charge on any atom is -0.381 e. The summed E-state index contributed by atoms with van der Waals surface area (Å²) in [6.45, 7) is 5.49. The van der Waals surface area contributed by atoms with Crippen molar-refractivity contribution >= 4 is 11.6 Å². The van der Waals surface area contributed by atoms with Gasteiger partial charge in [0.25, 0.3) is 0 Å². The van der Waals surface area contributed by atoms with Gasteiger partial charge in [0, 0.05) is 20.0 Å². The molecule has 0 amide bonds. The zero-order valence-electron chi connectivity index (χ0n) is 11.3. The van der Waals surface area contributed by atoms with Crippen molar-refractivity contribution < 1.29 is 19.1 Å². The van der Waals surface area contributed by atoms with E-state index in [0.29, 0.717) is 12.8 Å². The Hall–Kier alpha value is -0.740. The third kappa shape index (κ3) is 9.01. The van der Waals surface area contributed by atoms with E-state index in [1.165, 1.54) is 0 Å². The second-order valence-corrected chi connectivity index (χ2v) is 4.42. The highest BCUT2D eigenvalue weighted by molar-refractivity contribution is 5.80. The van der Waals surface area contributed by atoms with Gasteiger partial charge in [0.2, 0.25) is 0 Å². The largest absolute Gasteiger partial charge is 0.381 e. The summed E-state index contributed by atoms with van der Waals surface area (Å²) in [5, 5.41) is 0. The van der Waals surface area contributed by atoms with Crippen LogP contribution in [0, 0.1) is 0 Å². The Balaban J connectivity index is 3.94. The number of Topliss-reactive ketones (excluding diaryl/α,β-unsaturated/α-hetero) is 2. The maximum atomic E-state index is 11.5. The van der Waals surface area contributed by atoms with Gasteiger partial charge in [-0.25, -0.2) is 0 Å². The summed E-state index contributed by atoms with van der Waals surface area (Å²) in [7, 11) is 1.58. The van der Waals surface area contributed by atoms with Crippen molar-refractivity contribution in [1.29, 1.82) is 0 Å². The molecule has 0 N–H and O–H groups in total. The van der Waals surface area contributed by atoms with Crippen LogP contribution in [0.5, 0.6) is 0 Å². The third-order valence-corrected chi connectivity index (χ3v) is 2.52. The van der Waals surface area contributed by atoms with Gasteiger partial charge in [-0.2, -0.15) is 0 Å². The number of carbonyl (C=O) groups excluding carboxylic acids is 2. The number of hydrogen-bond acceptors (Lipinski definition) is 4. The van der Waals surface area contributed by atoms with Crippen LogP contribution in [-0.2, 0) is 19.1 Å². The van der Waals surface area contributed by atoms with E-state index < -0.39 is 0 Å². The highest BCUT2D eigenvalue weighted by atomic mass is 16.5. The molecule has 0 rings (SSSR count). The molecule has 0 aliphatic rings. The molecular formula is C13H24O4. The van der Waals surface area contributed by atoms with Crippen LogP contribution in [-0.4, -0.2) is 37.5 Å². The summed E-state index contributed by atoms with van der Waals surface area (Å²) in [4.78, 5) is 22.5. The van der Waals surface area contributed by atoms with E-state index in [9.17, 15) is 9.59 Å². The lowest BCUT2D eigenvalue weighted by Gasteiger charge is -2.16. The lowest BCUT2D eigenvalue weighted by molar-refractivity contribution is -0.130. The number of methoxy groups -OCH3 is 1. The number of rotatable bonds is 10. The zero-order chi connectivity index (χ0) is 13.3. The Kier molecular flexibility index (Phi) is 8.90. The molecule has 0 heterocycles. The molecular weight excluding hydrogens is 220 g/mol. The quantitative estimate of drug-likeness (QED) is 0.591. The molecule has 0 bridgehead atoms. The van der Waals surface area contributed by atoms with E-state index >= 15 is 0 Å². The fourth-order valence-corrected chi connectivity index (χ4v) is 1.56. The molecule has 0 aliphatic heterocycles. The maximum Gasteiger partial charge on any atom is 0.161 e. The van der Waals surface area contributed by atoms with E-state index in [2.05, 4.69) is 0 Å². The van der Waals surface area contributed by atoms with Crippen LogP contribution < -0.4 is 0 Å². The van der Waals surface area contributed by atoms with Crippen molar-refractivity contribution in [2.45, 2.75) is 58.7 Å². The molecule has 2 unspecified atom stereocenters. The SMILES string of the molecule is CCCC(CC(C)=O)OCC(=O)CC(C)OC. The zero-order valence-corrected chi connectivity index (χ0v) is 11.3. The first-order chi connectivity index (χ1) is 7.99. The molecule has 100 valence electrons. The Labute approximate surface area is 104 Å². The summed E-state index contributed by atoms with van der Waals surface area (Å²) in [6, 6.07) is 0. The van der Waals surface area contributed by atoms with Crippen LogP contribution in [0.15, 0.2) is 0 Å². The number of ketones is 2. The average Bonchev–Trinajstić information content (AvgIpc) is 2.25. The summed E-state index contributed by atoms with van der Waals surface area (Å²) in [6.07, 6.45) is 2.30. The maximum absolute atomic E-state index is 11.5. The van der Waals surface area contributed by atoms with Crippen molar-refractivity contribution in [3.8, 4) is 0 Å². The van der Waals surface area contributed by atoms with Crippen LogP contribution in [0.4, 0.5) is 0 Å². The van der Waals surface area contributed by atoms with Gasteiger partial charge in [-0.1, -0.05) is 13.3 Å². The lowest BCUT2D eigenvalue weighted by atomic mass is 10.1. The Morgan fingerprint density at radius 1 is 1.24 bits per heavy atom. The highest BCUT2D eigenvalue weighted by Crippen LogP contribution is 2.08. The smallest absolute Gasteiger partial charge is 0.161 e. The molecule has 0 aromatic carbocycles. The second-order valence-electron chi connectivity index (χ2n) is 4.42. The van der Waals surface area contributed by atoms with Crippen LogP contribution in [0.25, 0.3) is 0 Å². The first-order valence-corrected chi connectivity index (χ1v) is 6.15. The topological polar surface area (TPSA) is 52.6 Å². The molecule has 0 fully saturated rings. The minimum atomic E-state index is -0.126. The lowest BCUT2D eigenvalue weighted by Crippen LogP contribution is -2.23. The van der Waals surface area contributed by atoms with Gasteiger partial charge >= 0.3 is 0 Å². The molecule has 0 spiro atoms. The molecule has 0 aromatic rings. The van der Waals surface area contributed by atoms with Crippen molar-refractivity contribution in [2.24, 2.45) is 0 Å². The Morgan fingerprint density at radius 2 is 1.88 bits per heavy atom. The van der Waals surface area contributed by atoms with E-state index in [1.54, 1.807) is 14.0 Å². The van der Waals surface area contributed by atoms with Gasteiger partial charge < -0.3 is 9.47 Å². The van der Waals surface area contributed by atoms with Crippen molar-refractivity contribution in [2.75, 3.05) is 13.7 Å². The van der Waals surface area contributed by atoms with Gasteiger partial charge in [-0.3, -0.25) is 9.59 Å². The molecule has 0 aliphatic carbocycles. The van der Waals surface area contributed by atoms with E-state index in [4.69, 9.17) is 9.47 Å². The van der Waals surface area contributed by atoms with Crippen LogP contribution in [0.2, 0.25) is 0 Å². The van der Waals surface area contributed by atoms with Crippen LogP contribution in [0.3, 0.4) is 0 Å². The van der Waals surface area contributed by atoms with Gasteiger partial charge in [-0.05, 0) is 20.3 Å². The molecule has 2 atom stereocenters. The fourth-order valence-electron chi connectivity index (χ4n) is 1.56. The monoisotopic (exact) mass is 244 g/mol. The summed E-state index contributed by atoms with van der Waals surface area (Å²) < 4.78 is 10.5. The van der Waals surface area contributed by atoms with Gasteiger partial charge in [0.1, 0.15) is 12.4 Å². The predicted octanol–water partition coefficient (Wildman–Crippen LogP) is 2.14. The van der Waals surface area contributed by atoms with E-state index in [0.717, 1.165) is 12.8 Å². The molecule has 4 heteroatoms. The molecule has 0 saturated heterocycles. The standard InChI is InChI=1S/C13H24O4/c1-5-6-13(7-10(2)14)17-9-12(15)8-11(3)16-4/h11,13H,5-9H2,1-4H3. The summed E-state index contributed by atoms with van der Waals surface area (Å²) in [5.41, 5.74) is 0. The van der Waals surface area contributed by atoms with Crippen LogP contribution in [0.1, 0.15) is 46.5 Å². The molecule has 0 radical (unpaired) electrons. The van der Waals surface area contributed by atoms with Gasteiger partial charge in [0.15, 0.2) is 5.78 Å². The highest BCUT2D eigenvalue weighted by Gasteiger charge is 2.14. The van der Waals surface area contributed by atoms with E-state index in [-0.39, 0.29) is 30.4 Å². The molecule has 17 heavy (non-hydrogen) atoms. The molecule has 0 aromatic heterocycles. The normalized spacial score (nSPS) is 14.4. The first-order valence-electron chi connectivity index (χ1n) is 6.15. The first kappa shape index (κ1) is 16.3. The van der Waals surface area contributed by atoms with Gasteiger partial charge in [0.05, 0.1) is 12.2 Å². The summed E-state index contributed by atoms with van der Waals surface area (Å²) in [5.74, 6) is 0.116. The van der Waals surface area contributed by atoms with Gasteiger partial charge in [-0.15, -0.1) is 0 Å². The fraction of sp³-hybridized carbons (Fsp3) is 0.846. The third-order valence-electron chi connectivity index (χ3n) is 2.52. The molecule has 0 saturated carbocycles. The van der Waals surface area contributed by atoms with Crippen molar-refractivity contribution in [3.05, 3.63) is 0 Å². The van der Waals surface area contributed by atoms with Crippen LogP contribution >= 0.6 is 0 Å². The predicted molar refractivity (Wildman–Crippen MR) is 66.0 cm³/mol. The number of ether oxygens (including phenoxy) is 2. The second kappa shape index (κ2) is 9.31. The van der Waals surface area contributed by atoms with E-state index in [1.807, 2.05) is 13.8 Å². The summed E-state index contributed by atoms with van der Waals surface area (Å²) >= 11 is 0. The van der Waals surface area contributed by atoms with Crippen molar-refractivity contribution in [1.82, 2.24) is 0 Å². The van der Waals surface area contributed by atoms with Crippen molar-refractivity contribution in [3.63, 3.8) is 0 Å². The minimum absolute atomic E-state index is 0.0176.